The minimum atomic E-state index is -1.21. The first-order chi connectivity index (χ1) is 9.28. The molecule has 0 spiro atoms. The Morgan fingerprint density at radius 3 is 2.30 bits per heavy atom. The van der Waals surface area contributed by atoms with Crippen LogP contribution in [0.1, 0.15) is 19.4 Å². The van der Waals surface area contributed by atoms with Gasteiger partial charge in [-0.05, 0) is 12.5 Å². The third-order valence-corrected chi connectivity index (χ3v) is 2.79. The van der Waals surface area contributed by atoms with Crippen LogP contribution in [0.5, 0.6) is 0 Å². The van der Waals surface area contributed by atoms with Crippen LogP contribution >= 0.6 is 0 Å². The van der Waals surface area contributed by atoms with Crippen LogP contribution in [0.25, 0.3) is 0 Å². The van der Waals surface area contributed by atoms with Crippen LogP contribution in [-0.2, 0) is 20.7 Å². The third kappa shape index (κ3) is 3.78. The zero-order valence-electron chi connectivity index (χ0n) is 11.5. The summed E-state index contributed by atoms with van der Waals surface area (Å²) in [6.07, 6.45) is 0.178. The summed E-state index contributed by atoms with van der Waals surface area (Å²) in [4.78, 5) is 33.1. The Hall–Kier alpha value is -2.44. The Kier molecular flexibility index (Phi) is 4.79. The molecule has 7 heteroatoms. The molecule has 0 radical (unpaired) electrons. The summed E-state index contributed by atoms with van der Waals surface area (Å²) in [5.41, 5.74) is -0.568. The number of nitro benzene ring substituents is 1. The van der Waals surface area contributed by atoms with Crippen molar-refractivity contribution in [1.82, 2.24) is 5.32 Å². The van der Waals surface area contributed by atoms with Gasteiger partial charge in [0.1, 0.15) is 5.54 Å². The predicted molar refractivity (Wildman–Crippen MR) is 71.0 cm³/mol. The van der Waals surface area contributed by atoms with Gasteiger partial charge in [-0.2, -0.15) is 0 Å². The van der Waals surface area contributed by atoms with Crippen LogP contribution in [0.3, 0.4) is 0 Å². The summed E-state index contributed by atoms with van der Waals surface area (Å²) in [5.74, 6) is -0.939. The SMILES string of the molecule is COC(=O)[C@](C)(Cc1ccc([N+](=O)[O-])cc1)NC(C)=O. The number of rotatable bonds is 5. The number of nitro groups is 1. The molecule has 0 aromatic heterocycles. The Labute approximate surface area is 116 Å². The van der Waals surface area contributed by atoms with E-state index in [0.717, 1.165) is 0 Å². The molecule has 0 aliphatic heterocycles. The summed E-state index contributed by atoms with van der Waals surface area (Å²) in [7, 11) is 1.23. The van der Waals surface area contributed by atoms with Gasteiger partial charge in [0.25, 0.3) is 5.69 Å². The molecule has 1 atom stereocenters. The van der Waals surface area contributed by atoms with E-state index >= 15 is 0 Å². The van der Waals surface area contributed by atoms with E-state index in [1.165, 1.54) is 26.2 Å². The molecular weight excluding hydrogens is 264 g/mol. The molecule has 108 valence electrons. The van der Waals surface area contributed by atoms with E-state index in [0.29, 0.717) is 5.56 Å². The molecule has 0 unspecified atom stereocenters. The van der Waals surface area contributed by atoms with Crippen molar-refractivity contribution in [1.29, 1.82) is 0 Å². The quantitative estimate of drug-likeness (QED) is 0.496. The molecule has 0 aliphatic carbocycles. The Morgan fingerprint density at radius 1 is 1.35 bits per heavy atom. The van der Waals surface area contributed by atoms with Crippen molar-refractivity contribution in [2.24, 2.45) is 0 Å². The number of esters is 1. The second-order valence-electron chi connectivity index (χ2n) is 4.61. The average Bonchev–Trinajstić information content (AvgIpc) is 2.37. The standard InChI is InChI=1S/C13H16N2O5/c1-9(16)14-13(2,12(17)20-3)8-10-4-6-11(7-5-10)15(18)19/h4-7H,8H2,1-3H3,(H,14,16)/t13-/m0/s1. The van der Waals surface area contributed by atoms with Gasteiger partial charge < -0.3 is 10.1 Å². The van der Waals surface area contributed by atoms with Gasteiger partial charge in [-0.25, -0.2) is 4.79 Å². The first kappa shape index (κ1) is 15.6. The van der Waals surface area contributed by atoms with Crippen molar-refractivity contribution in [3.8, 4) is 0 Å². The molecule has 1 aromatic carbocycles. The predicted octanol–water partition coefficient (Wildman–Crippen LogP) is 1.21. The number of hydrogen-bond donors (Lipinski definition) is 1. The molecule has 0 fully saturated rings. The Morgan fingerprint density at radius 2 is 1.90 bits per heavy atom. The minimum Gasteiger partial charge on any atom is -0.467 e. The molecule has 20 heavy (non-hydrogen) atoms. The normalized spacial score (nSPS) is 13.2. The molecule has 0 bridgehead atoms. The molecular formula is C13H16N2O5. The number of nitrogens with zero attached hydrogens (tertiary/aromatic N) is 1. The van der Waals surface area contributed by atoms with Crippen molar-refractivity contribution < 1.29 is 19.2 Å². The van der Waals surface area contributed by atoms with E-state index < -0.39 is 16.4 Å². The maximum Gasteiger partial charge on any atom is 0.331 e. The monoisotopic (exact) mass is 280 g/mol. The number of carbonyl (C=O) groups excluding carboxylic acids is 2. The maximum absolute atomic E-state index is 11.8. The van der Waals surface area contributed by atoms with Crippen LogP contribution in [0.15, 0.2) is 24.3 Å². The molecule has 7 nitrogen and oxygen atoms in total. The minimum absolute atomic E-state index is 0.0342. The molecule has 1 amide bonds. The first-order valence-electron chi connectivity index (χ1n) is 5.89. The molecule has 0 saturated heterocycles. The highest BCUT2D eigenvalue weighted by molar-refractivity contribution is 5.87. The lowest BCUT2D eigenvalue weighted by Crippen LogP contribution is -2.53. The van der Waals surface area contributed by atoms with Gasteiger partial charge in [0.05, 0.1) is 12.0 Å². The van der Waals surface area contributed by atoms with Crippen LogP contribution in [0, 0.1) is 10.1 Å². The summed E-state index contributed by atoms with van der Waals surface area (Å²) in [6.45, 7) is 2.85. The maximum atomic E-state index is 11.8. The number of methoxy groups -OCH3 is 1. The van der Waals surface area contributed by atoms with Crippen molar-refractivity contribution >= 4 is 17.6 Å². The molecule has 0 saturated carbocycles. The lowest BCUT2D eigenvalue weighted by atomic mass is 9.92. The molecule has 0 heterocycles. The van der Waals surface area contributed by atoms with E-state index in [1.54, 1.807) is 19.1 Å². The van der Waals surface area contributed by atoms with E-state index in [9.17, 15) is 19.7 Å². The molecule has 1 aromatic rings. The van der Waals surface area contributed by atoms with Crippen molar-refractivity contribution in [3.63, 3.8) is 0 Å². The lowest BCUT2D eigenvalue weighted by molar-refractivity contribution is -0.384. The lowest BCUT2D eigenvalue weighted by Gasteiger charge is -2.27. The first-order valence-corrected chi connectivity index (χ1v) is 5.89. The number of nitrogens with one attached hydrogen (secondary N) is 1. The van der Waals surface area contributed by atoms with Gasteiger partial charge in [0, 0.05) is 25.5 Å². The van der Waals surface area contributed by atoms with Gasteiger partial charge in [0.15, 0.2) is 0 Å². The second-order valence-corrected chi connectivity index (χ2v) is 4.61. The topological polar surface area (TPSA) is 98.5 Å². The van der Waals surface area contributed by atoms with Gasteiger partial charge in [0.2, 0.25) is 5.91 Å². The van der Waals surface area contributed by atoms with Crippen LogP contribution < -0.4 is 5.32 Å². The summed E-state index contributed by atoms with van der Waals surface area (Å²) in [5, 5.41) is 13.1. The van der Waals surface area contributed by atoms with E-state index in [4.69, 9.17) is 0 Å². The fourth-order valence-corrected chi connectivity index (χ4v) is 1.92. The molecule has 1 N–H and O–H groups in total. The van der Waals surface area contributed by atoms with Gasteiger partial charge in [-0.1, -0.05) is 12.1 Å². The number of hydrogen-bond acceptors (Lipinski definition) is 5. The number of non-ortho nitro benzene ring substituents is 1. The molecule has 0 aliphatic rings. The van der Waals surface area contributed by atoms with Crippen LogP contribution in [0.2, 0.25) is 0 Å². The summed E-state index contributed by atoms with van der Waals surface area (Å²) < 4.78 is 4.69. The fraction of sp³-hybridized carbons (Fsp3) is 0.385. The van der Waals surface area contributed by atoms with Crippen molar-refractivity contribution in [3.05, 3.63) is 39.9 Å². The second kappa shape index (κ2) is 6.14. The van der Waals surface area contributed by atoms with Crippen LogP contribution in [0.4, 0.5) is 5.69 Å². The average molecular weight is 280 g/mol. The van der Waals surface area contributed by atoms with Crippen molar-refractivity contribution in [2.75, 3.05) is 7.11 Å². The number of carbonyl (C=O) groups is 2. The zero-order chi connectivity index (χ0) is 15.3. The Balaban J connectivity index is 2.97. The van der Waals surface area contributed by atoms with Crippen molar-refractivity contribution in [2.45, 2.75) is 25.8 Å². The third-order valence-electron chi connectivity index (χ3n) is 2.79. The smallest absolute Gasteiger partial charge is 0.331 e. The van der Waals surface area contributed by atoms with Gasteiger partial charge >= 0.3 is 5.97 Å². The highest BCUT2D eigenvalue weighted by Crippen LogP contribution is 2.18. The largest absolute Gasteiger partial charge is 0.467 e. The highest BCUT2D eigenvalue weighted by atomic mass is 16.6. The van der Waals surface area contributed by atoms with Gasteiger partial charge in [-0.15, -0.1) is 0 Å². The zero-order valence-corrected chi connectivity index (χ0v) is 11.5. The number of ether oxygens (including phenoxy) is 1. The Bertz CT molecular complexity index is 526. The van der Waals surface area contributed by atoms with E-state index in [-0.39, 0.29) is 18.0 Å². The number of benzene rings is 1. The highest BCUT2D eigenvalue weighted by Gasteiger charge is 2.35. The summed E-state index contributed by atoms with van der Waals surface area (Å²) in [6, 6.07) is 5.78. The van der Waals surface area contributed by atoms with E-state index in [1.807, 2.05) is 0 Å². The number of amides is 1. The fourth-order valence-electron chi connectivity index (χ4n) is 1.92. The van der Waals surface area contributed by atoms with Crippen LogP contribution in [-0.4, -0.2) is 29.4 Å². The summed E-state index contributed by atoms with van der Waals surface area (Å²) >= 11 is 0. The van der Waals surface area contributed by atoms with E-state index in [2.05, 4.69) is 10.1 Å². The molecule has 1 rings (SSSR count). The van der Waals surface area contributed by atoms with Gasteiger partial charge in [-0.3, -0.25) is 14.9 Å².